The van der Waals surface area contributed by atoms with Gasteiger partial charge in [-0.05, 0) is 37.1 Å². The van der Waals surface area contributed by atoms with Crippen LogP contribution in [0.2, 0.25) is 0 Å². The highest BCUT2D eigenvalue weighted by Gasteiger charge is 2.04. The fraction of sp³-hybridized carbons (Fsp3) is 0.480. The molecule has 2 aromatic carbocycles. The van der Waals surface area contributed by atoms with Gasteiger partial charge in [0.2, 0.25) is 0 Å². The SMILES string of the molecule is CCNC(=NCc1ccccc1COCc1ccccc1)NCCN(C)CCCOC.I. The van der Waals surface area contributed by atoms with Gasteiger partial charge in [0.15, 0.2) is 5.96 Å². The summed E-state index contributed by atoms with van der Waals surface area (Å²) in [5.41, 5.74) is 3.55. The highest BCUT2D eigenvalue weighted by Crippen LogP contribution is 2.13. The Hall–Kier alpha value is -1.68. The van der Waals surface area contributed by atoms with Crippen LogP contribution in [0.15, 0.2) is 59.6 Å². The van der Waals surface area contributed by atoms with Gasteiger partial charge in [0.25, 0.3) is 0 Å². The normalized spacial score (nSPS) is 11.3. The summed E-state index contributed by atoms with van der Waals surface area (Å²) in [6.45, 7) is 8.35. The molecule has 0 amide bonds. The molecule has 0 aliphatic rings. The highest BCUT2D eigenvalue weighted by molar-refractivity contribution is 14.0. The largest absolute Gasteiger partial charge is 0.385 e. The Morgan fingerprint density at radius 3 is 2.38 bits per heavy atom. The van der Waals surface area contributed by atoms with Crippen LogP contribution in [0.5, 0.6) is 0 Å². The van der Waals surface area contributed by atoms with Gasteiger partial charge < -0.3 is 25.0 Å². The first-order chi connectivity index (χ1) is 15.2. The number of methoxy groups -OCH3 is 1. The molecule has 0 unspecified atom stereocenters. The summed E-state index contributed by atoms with van der Waals surface area (Å²) in [5.74, 6) is 0.841. The molecular weight excluding hydrogens is 515 g/mol. The lowest BCUT2D eigenvalue weighted by Crippen LogP contribution is -2.41. The van der Waals surface area contributed by atoms with E-state index in [-0.39, 0.29) is 24.0 Å². The second-order valence-corrected chi connectivity index (χ2v) is 7.52. The van der Waals surface area contributed by atoms with Gasteiger partial charge in [0, 0.05) is 39.9 Å². The van der Waals surface area contributed by atoms with Crippen molar-refractivity contribution in [3.8, 4) is 0 Å². The van der Waals surface area contributed by atoms with Crippen LogP contribution in [-0.4, -0.2) is 57.8 Å². The number of nitrogens with one attached hydrogen (secondary N) is 2. The Kier molecular flexibility index (Phi) is 15.8. The molecule has 0 saturated carbocycles. The van der Waals surface area contributed by atoms with Gasteiger partial charge >= 0.3 is 0 Å². The number of halogens is 1. The quantitative estimate of drug-likeness (QED) is 0.160. The number of rotatable bonds is 14. The zero-order valence-corrected chi connectivity index (χ0v) is 22.0. The van der Waals surface area contributed by atoms with Crippen LogP contribution in [-0.2, 0) is 29.2 Å². The number of hydrogen-bond donors (Lipinski definition) is 2. The van der Waals surface area contributed by atoms with Crippen molar-refractivity contribution < 1.29 is 9.47 Å². The van der Waals surface area contributed by atoms with E-state index >= 15 is 0 Å². The molecule has 178 valence electrons. The molecule has 0 spiro atoms. The number of hydrogen-bond acceptors (Lipinski definition) is 4. The summed E-state index contributed by atoms with van der Waals surface area (Å²) in [5, 5.41) is 6.76. The van der Waals surface area contributed by atoms with Crippen molar-refractivity contribution in [3.63, 3.8) is 0 Å². The lowest BCUT2D eigenvalue weighted by molar-refractivity contribution is 0.106. The first-order valence-corrected chi connectivity index (χ1v) is 11.1. The van der Waals surface area contributed by atoms with Crippen molar-refractivity contribution in [1.82, 2.24) is 15.5 Å². The van der Waals surface area contributed by atoms with Gasteiger partial charge in [-0.1, -0.05) is 54.6 Å². The van der Waals surface area contributed by atoms with Gasteiger partial charge in [0.1, 0.15) is 0 Å². The zero-order chi connectivity index (χ0) is 22.2. The molecule has 0 saturated heterocycles. The third-order valence-corrected chi connectivity index (χ3v) is 4.91. The van der Waals surface area contributed by atoms with Crippen molar-refractivity contribution in [3.05, 3.63) is 71.3 Å². The van der Waals surface area contributed by atoms with Crippen molar-refractivity contribution in [2.75, 3.05) is 46.9 Å². The molecule has 0 aliphatic carbocycles. The Bertz CT molecular complexity index is 759. The summed E-state index contributed by atoms with van der Waals surface area (Å²) in [7, 11) is 3.88. The van der Waals surface area contributed by atoms with Gasteiger partial charge in [-0.2, -0.15) is 0 Å². The van der Waals surface area contributed by atoms with E-state index in [1.807, 2.05) is 18.2 Å². The van der Waals surface area contributed by atoms with E-state index in [4.69, 9.17) is 14.5 Å². The lowest BCUT2D eigenvalue weighted by Gasteiger charge is -2.18. The highest BCUT2D eigenvalue weighted by atomic mass is 127. The minimum absolute atomic E-state index is 0. The molecule has 0 fully saturated rings. The Balaban J connectivity index is 0.00000512. The minimum atomic E-state index is 0. The summed E-state index contributed by atoms with van der Waals surface area (Å²) < 4.78 is 11.1. The first-order valence-electron chi connectivity index (χ1n) is 11.1. The van der Waals surface area contributed by atoms with E-state index in [2.05, 4.69) is 65.9 Å². The maximum atomic E-state index is 5.94. The number of aliphatic imine (C=N–C) groups is 1. The topological polar surface area (TPSA) is 58.1 Å². The van der Waals surface area contributed by atoms with E-state index in [1.54, 1.807) is 7.11 Å². The van der Waals surface area contributed by atoms with Crippen molar-refractivity contribution in [2.45, 2.75) is 33.1 Å². The van der Waals surface area contributed by atoms with Crippen LogP contribution < -0.4 is 10.6 Å². The van der Waals surface area contributed by atoms with E-state index in [0.717, 1.165) is 45.2 Å². The fourth-order valence-electron chi connectivity index (χ4n) is 3.17. The molecule has 0 aromatic heterocycles. The average Bonchev–Trinajstić information content (AvgIpc) is 2.79. The summed E-state index contributed by atoms with van der Waals surface area (Å²) in [6.07, 6.45) is 1.05. The van der Waals surface area contributed by atoms with E-state index in [1.165, 1.54) is 16.7 Å². The molecule has 0 atom stereocenters. The summed E-state index contributed by atoms with van der Waals surface area (Å²) >= 11 is 0. The standard InChI is InChI=1S/C25H38N4O2.HI/c1-4-26-25(27-15-17-29(2)16-10-18-30-3)28-19-23-13-8-9-14-24(23)21-31-20-22-11-6-5-7-12-22;/h5-9,11-14H,4,10,15-21H2,1-3H3,(H2,26,27,28);1H. The smallest absolute Gasteiger partial charge is 0.191 e. The van der Waals surface area contributed by atoms with Crippen LogP contribution >= 0.6 is 24.0 Å². The Morgan fingerprint density at radius 2 is 1.66 bits per heavy atom. The Morgan fingerprint density at radius 1 is 0.938 bits per heavy atom. The lowest BCUT2D eigenvalue weighted by atomic mass is 10.1. The molecule has 2 N–H and O–H groups in total. The van der Waals surface area contributed by atoms with Crippen molar-refractivity contribution in [2.24, 2.45) is 4.99 Å². The number of benzene rings is 2. The third-order valence-electron chi connectivity index (χ3n) is 4.91. The van der Waals surface area contributed by atoms with E-state index < -0.39 is 0 Å². The molecular formula is C25H39IN4O2. The fourth-order valence-corrected chi connectivity index (χ4v) is 3.17. The average molecular weight is 555 g/mol. The number of nitrogens with zero attached hydrogens (tertiary/aromatic N) is 2. The van der Waals surface area contributed by atoms with E-state index in [0.29, 0.717) is 19.8 Å². The monoisotopic (exact) mass is 554 g/mol. The molecule has 0 heterocycles. The molecule has 0 bridgehead atoms. The summed E-state index contributed by atoms with van der Waals surface area (Å²) in [4.78, 5) is 7.08. The zero-order valence-electron chi connectivity index (χ0n) is 19.7. The predicted octanol–water partition coefficient (Wildman–Crippen LogP) is 4.04. The maximum absolute atomic E-state index is 5.94. The van der Waals surface area contributed by atoms with Gasteiger partial charge in [-0.15, -0.1) is 24.0 Å². The number of likely N-dealkylation sites (N-methyl/N-ethyl adjacent to an activating group) is 1. The second kappa shape index (κ2) is 17.8. The van der Waals surface area contributed by atoms with Crippen molar-refractivity contribution in [1.29, 1.82) is 0 Å². The van der Waals surface area contributed by atoms with Crippen LogP contribution in [0.1, 0.15) is 30.0 Å². The third kappa shape index (κ3) is 11.8. The van der Waals surface area contributed by atoms with Gasteiger partial charge in [-0.25, -0.2) is 4.99 Å². The molecule has 7 heteroatoms. The minimum Gasteiger partial charge on any atom is -0.385 e. The van der Waals surface area contributed by atoms with Gasteiger partial charge in [-0.3, -0.25) is 0 Å². The number of ether oxygens (including phenoxy) is 2. The molecule has 32 heavy (non-hydrogen) atoms. The summed E-state index contributed by atoms with van der Waals surface area (Å²) in [6, 6.07) is 18.6. The van der Waals surface area contributed by atoms with Crippen LogP contribution in [0.4, 0.5) is 0 Å². The van der Waals surface area contributed by atoms with Crippen molar-refractivity contribution >= 4 is 29.9 Å². The molecule has 0 aliphatic heterocycles. The Labute approximate surface area is 210 Å². The first kappa shape index (κ1) is 28.4. The molecule has 6 nitrogen and oxygen atoms in total. The van der Waals surface area contributed by atoms with E-state index in [9.17, 15) is 0 Å². The maximum Gasteiger partial charge on any atom is 0.191 e. The molecule has 2 rings (SSSR count). The van der Waals surface area contributed by atoms with Crippen LogP contribution in [0.3, 0.4) is 0 Å². The molecule has 0 radical (unpaired) electrons. The number of guanidine groups is 1. The second-order valence-electron chi connectivity index (χ2n) is 7.52. The molecule has 2 aromatic rings. The van der Waals surface area contributed by atoms with Gasteiger partial charge in [0.05, 0.1) is 19.8 Å². The van der Waals surface area contributed by atoms with Crippen LogP contribution in [0, 0.1) is 0 Å². The predicted molar refractivity (Wildman–Crippen MR) is 144 cm³/mol. The van der Waals surface area contributed by atoms with Crippen LogP contribution in [0.25, 0.3) is 0 Å².